The summed E-state index contributed by atoms with van der Waals surface area (Å²) in [6.45, 7) is 13.8. The van der Waals surface area contributed by atoms with Gasteiger partial charge in [-0.1, -0.05) is 32.4 Å². The molecule has 0 amide bonds. The second-order valence-corrected chi connectivity index (χ2v) is 12.1. The molecule has 2 aliphatic rings. The van der Waals surface area contributed by atoms with Crippen LogP contribution in [0, 0.1) is 11.8 Å². The lowest BCUT2D eigenvalue weighted by Crippen LogP contribution is -2.46. The number of ether oxygens (including phenoxy) is 1. The fraction of sp³-hybridized carbons (Fsp3) is 0.800. The minimum Gasteiger partial charge on any atom is -0.465 e. The maximum atomic E-state index is 11.9. The van der Waals surface area contributed by atoms with Gasteiger partial charge in [-0.05, 0) is 31.5 Å². The molecule has 108 valence electrons. The summed E-state index contributed by atoms with van der Waals surface area (Å²) in [7, 11) is -1.79. The van der Waals surface area contributed by atoms with Crippen molar-refractivity contribution in [1.82, 2.24) is 0 Å². The second kappa shape index (κ2) is 4.74. The molecule has 0 aromatic carbocycles. The van der Waals surface area contributed by atoms with E-state index in [9.17, 15) is 4.79 Å². The van der Waals surface area contributed by atoms with Crippen molar-refractivity contribution in [2.24, 2.45) is 11.8 Å². The Labute approximate surface area is 117 Å². The lowest BCUT2D eigenvalue weighted by atomic mass is 9.86. The molecule has 1 aliphatic carbocycles. The van der Waals surface area contributed by atoms with Crippen molar-refractivity contribution in [3.8, 4) is 0 Å². The molecule has 1 saturated heterocycles. The first kappa shape index (κ1) is 14.8. The van der Waals surface area contributed by atoms with E-state index in [0.717, 1.165) is 12.0 Å². The van der Waals surface area contributed by atoms with Crippen molar-refractivity contribution in [3.05, 3.63) is 11.6 Å². The number of hydrogen-bond donors (Lipinski definition) is 0. The maximum absolute atomic E-state index is 11.9. The molecule has 0 aromatic rings. The van der Waals surface area contributed by atoms with Gasteiger partial charge in [0.15, 0.2) is 8.32 Å². The first-order chi connectivity index (χ1) is 8.63. The van der Waals surface area contributed by atoms with E-state index >= 15 is 0 Å². The summed E-state index contributed by atoms with van der Waals surface area (Å²) < 4.78 is 11.7. The average Bonchev–Trinajstić information content (AvgIpc) is 2.54. The van der Waals surface area contributed by atoms with Gasteiger partial charge >= 0.3 is 5.97 Å². The summed E-state index contributed by atoms with van der Waals surface area (Å²) >= 11 is 0. The summed E-state index contributed by atoms with van der Waals surface area (Å²) in [6.07, 6.45) is 3.17. The highest BCUT2D eigenvalue weighted by Crippen LogP contribution is 2.44. The molecule has 3 atom stereocenters. The Kier molecular flexibility index (Phi) is 3.69. The average molecular weight is 282 g/mol. The molecule has 0 N–H and O–H groups in total. The van der Waals surface area contributed by atoms with Gasteiger partial charge in [0.1, 0.15) is 0 Å². The van der Waals surface area contributed by atoms with E-state index in [0.29, 0.717) is 6.61 Å². The summed E-state index contributed by atoms with van der Waals surface area (Å²) in [6, 6.07) is 0. The highest BCUT2D eigenvalue weighted by Gasteiger charge is 2.47. The van der Waals surface area contributed by atoms with Gasteiger partial charge in [-0.3, -0.25) is 4.79 Å². The zero-order chi connectivity index (χ0) is 14.4. The Bertz CT molecular complexity index is 406. The molecular weight excluding hydrogens is 256 g/mol. The molecule has 0 radical (unpaired) electrons. The lowest BCUT2D eigenvalue weighted by Gasteiger charge is -2.40. The van der Waals surface area contributed by atoms with E-state index in [1.54, 1.807) is 0 Å². The maximum Gasteiger partial charge on any atom is 0.313 e. The van der Waals surface area contributed by atoms with E-state index in [1.807, 2.05) is 6.92 Å². The van der Waals surface area contributed by atoms with Crippen LogP contribution in [0.5, 0.6) is 0 Å². The van der Waals surface area contributed by atoms with E-state index in [4.69, 9.17) is 9.16 Å². The number of carbonyl (C=O) groups excluding carboxylic acids is 1. The zero-order valence-corrected chi connectivity index (χ0v) is 13.9. The number of fused-ring (bicyclic) bond motifs is 1. The molecule has 3 nitrogen and oxygen atoms in total. The van der Waals surface area contributed by atoms with Crippen LogP contribution in [0.3, 0.4) is 0 Å². The largest absolute Gasteiger partial charge is 0.465 e. The van der Waals surface area contributed by atoms with Crippen LogP contribution in [0.15, 0.2) is 11.6 Å². The lowest BCUT2D eigenvalue weighted by molar-refractivity contribution is -0.155. The van der Waals surface area contributed by atoms with Gasteiger partial charge < -0.3 is 9.16 Å². The minimum absolute atomic E-state index is 0.0636. The highest BCUT2D eigenvalue weighted by atomic mass is 28.4. The molecule has 0 unspecified atom stereocenters. The normalized spacial score (nSPS) is 31.8. The number of esters is 1. The Morgan fingerprint density at radius 2 is 2.00 bits per heavy atom. The van der Waals surface area contributed by atoms with Crippen LogP contribution in [0.4, 0.5) is 0 Å². The number of carbonyl (C=O) groups is 1. The van der Waals surface area contributed by atoms with Gasteiger partial charge in [0, 0.05) is 5.92 Å². The molecule has 1 heterocycles. The van der Waals surface area contributed by atoms with E-state index in [2.05, 4.69) is 39.9 Å². The van der Waals surface area contributed by atoms with Crippen molar-refractivity contribution in [1.29, 1.82) is 0 Å². The summed E-state index contributed by atoms with van der Waals surface area (Å²) in [5, 5.41) is 0.196. The predicted molar refractivity (Wildman–Crippen MR) is 78.4 cm³/mol. The van der Waals surface area contributed by atoms with E-state index in [-0.39, 0.29) is 28.9 Å². The van der Waals surface area contributed by atoms with Crippen molar-refractivity contribution in [2.75, 3.05) is 6.61 Å². The van der Waals surface area contributed by atoms with Crippen molar-refractivity contribution >= 4 is 14.3 Å². The fourth-order valence-corrected chi connectivity index (χ4v) is 4.01. The number of hydrogen-bond acceptors (Lipinski definition) is 3. The van der Waals surface area contributed by atoms with Crippen LogP contribution in [0.1, 0.15) is 34.1 Å². The van der Waals surface area contributed by atoms with Gasteiger partial charge in [0.2, 0.25) is 0 Å². The Morgan fingerprint density at radius 3 is 2.58 bits per heavy atom. The topological polar surface area (TPSA) is 35.5 Å². The van der Waals surface area contributed by atoms with Gasteiger partial charge in [0.25, 0.3) is 0 Å². The quantitative estimate of drug-likeness (QED) is 0.442. The summed E-state index contributed by atoms with van der Waals surface area (Å²) in [4.78, 5) is 11.9. The molecule has 1 aliphatic heterocycles. The van der Waals surface area contributed by atoms with Crippen LogP contribution in [0.25, 0.3) is 0 Å². The minimum atomic E-state index is -1.79. The molecule has 1 fully saturated rings. The molecule has 0 saturated carbocycles. The van der Waals surface area contributed by atoms with Crippen molar-refractivity contribution in [3.63, 3.8) is 0 Å². The smallest absolute Gasteiger partial charge is 0.313 e. The standard InChI is InChI=1S/C15H26O3Si/c1-10-9-12(18-19(5,6)15(2,3)4)11-7-8-17-14(16)13(10)11/h9,11-13H,7-8H2,1-6H3/t11-,12-,13+/m0/s1. The van der Waals surface area contributed by atoms with Crippen molar-refractivity contribution < 1.29 is 14.0 Å². The molecule has 0 bridgehead atoms. The van der Waals surface area contributed by atoms with Crippen LogP contribution in [0.2, 0.25) is 18.1 Å². The Balaban J connectivity index is 2.17. The zero-order valence-electron chi connectivity index (χ0n) is 12.9. The second-order valence-electron chi connectivity index (χ2n) is 7.35. The third kappa shape index (κ3) is 2.65. The number of rotatable bonds is 2. The molecule has 19 heavy (non-hydrogen) atoms. The fourth-order valence-electron chi connectivity index (χ4n) is 2.73. The van der Waals surface area contributed by atoms with Gasteiger partial charge in [0.05, 0.1) is 18.6 Å². The van der Waals surface area contributed by atoms with Gasteiger partial charge in [-0.15, -0.1) is 0 Å². The molecule has 0 aromatic heterocycles. The van der Waals surface area contributed by atoms with E-state index < -0.39 is 8.32 Å². The van der Waals surface area contributed by atoms with Crippen LogP contribution in [-0.4, -0.2) is 27.0 Å². The van der Waals surface area contributed by atoms with Gasteiger partial charge in [-0.2, -0.15) is 0 Å². The van der Waals surface area contributed by atoms with E-state index in [1.165, 1.54) is 0 Å². The molecule has 0 spiro atoms. The SMILES string of the molecule is CC1=C[C@H](O[Si](C)(C)C(C)(C)C)[C@@H]2CCOC(=O)[C@H]12. The first-order valence-corrected chi connectivity index (χ1v) is 10.1. The Morgan fingerprint density at radius 1 is 1.37 bits per heavy atom. The first-order valence-electron chi connectivity index (χ1n) is 7.16. The number of cyclic esters (lactones) is 1. The highest BCUT2D eigenvalue weighted by molar-refractivity contribution is 6.74. The predicted octanol–water partition coefficient (Wildman–Crippen LogP) is 3.52. The third-order valence-corrected chi connectivity index (χ3v) is 9.43. The molecule has 2 rings (SSSR count). The third-order valence-electron chi connectivity index (χ3n) is 4.95. The monoisotopic (exact) mass is 282 g/mol. The van der Waals surface area contributed by atoms with Crippen LogP contribution in [-0.2, 0) is 14.0 Å². The summed E-state index contributed by atoms with van der Waals surface area (Å²) in [5.41, 5.74) is 1.12. The van der Waals surface area contributed by atoms with Crippen LogP contribution < -0.4 is 0 Å². The molecular formula is C15H26O3Si. The Hall–Kier alpha value is -0.613. The van der Waals surface area contributed by atoms with Gasteiger partial charge in [-0.25, -0.2) is 0 Å². The van der Waals surface area contributed by atoms with Crippen LogP contribution >= 0.6 is 0 Å². The summed E-state index contributed by atoms with van der Waals surface area (Å²) in [5.74, 6) is 0.158. The van der Waals surface area contributed by atoms with Crippen molar-refractivity contribution in [2.45, 2.75) is 58.4 Å². The molecule has 4 heteroatoms.